The van der Waals surface area contributed by atoms with Gasteiger partial charge >= 0.3 is 6.09 Å². The van der Waals surface area contributed by atoms with Gasteiger partial charge in [-0.15, -0.1) is 0 Å². The lowest BCUT2D eigenvalue weighted by Crippen LogP contribution is -2.61. The molecule has 1 unspecified atom stereocenters. The van der Waals surface area contributed by atoms with Crippen LogP contribution in [0, 0.1) is 18.3 Å². The summed E-state index contributed by atoms with van der Waals surface area (Å²) in [6.45, 7) is 8.51. The van der Waals surface area contributed by atoms with Crippen molar-refractivity contribution in [2.24, 2.45) is 17.1 Å². The zero-order chi connectivity index (χ0) is 29.9. The molecule has 11 heteroatoms. The summed E-state index contributed by atoms with van der Waals surface area (Å²) in [5.74, 6) is 0.697. The third-order valence-corrected chi connectivity index (χ3v) is 8.42. The van der Waals surface area contributed by atoms with Crippen LogP contribution >= 0.6 is 0 Å². The van der Waals surface area contributed by atoms with Crippen LogP contribution in [0.3, 0.4) is 0 Å². The Morgan fingerprint density at radius 3 is 2.64 bits per heavy atom. The number of rotatable bonds is 6. The van der Waals surface area contributed by atoms with E-state index in [1.807, 2.05) is 33.8 Å². The lowest BCUT2D eigenvalue weighted by atomic mass is 9.78. The van der Waals surface area contributed by atoms with Gasteiger partial charge in [-0.25, -0.2) is 18.7 Å². The number of aryl methyl sites for hydroxylation is 1. The van der Waals surface area contributed by atoms with Crippen molar-refractivity contribution in [2.45, 2.75) is 71.8 Å². The molecule has 0 aromatic carbocycles. The molecule has 2 amide bonds. The molecular formula is C31H37FN6O4. The molecular weight excluding hydrogens is 539 g/mol. The summed E-state index contributed by atoms with van der Waals surface area (Å²) in [5, 5.41) is 6.00. The quantitative estimate of drug-likeness (QED) is 0.340. The molecule has 0 radical (unpaired) electrons. The number of primary amides is 1. The van der Waals surface area contributed by atoms with Crippen molar-refractivity contribution in [1.82, 2.24) is 24.1 Å². The second-order valence-electron chi connectivity index (χ2n) is 12.6. The van der Waals surface area contributed by atoms with Gasteiger partial charge in [-0.3, -0.25) is 4.79 Å². The Morgan fingerprint density at radius 1 is 1.21 bits per heavy atom. The number of hydrogen-bond acceptors (Lipinski definition) is 6. The monoisotopic (exact) mass is 576 g/mol. The molecule has 4 aromatic rings. The second-order valence-corrected chi connectivity index (χ2v) is 12.6. The van der Waals surface area contributed by atoms with Crippen LogP contribution < -0.4 is 10.5 Å². The number of piperidine rings is 1. The Morgan fingerprint density at radius 2 is 1.98 bits per heavy atom. The van der Waals surface area contributed by atoms with Gasteiger partial charge in [-0.1, -0.05) is 20.8 Å². The van der Waals surface area contributed by atoms with Crippen LogP contribution in [-0.4, -0.2) is 68.0 Å². The zero-order valence-electron chi connectivity index (χ0n) is 24.6. The summed E-state index contributed by atoms with van der Waals surface area (Å²) in [5.41, 5.74) is 9.39. The fourth-order valence-electron chi connectivity index (χ4n) is 6.47. The summed E-state index contributed by atoms with van der Waals surface area (Å²) in [6.07, 6.45) is 2.60. The fourth-order valence-corrected chi connectivity index (χ4v) is 6.47. The molecule has 42 heavy (non-hydrogen) atoms. The van der Waals surface area contributed by atoms with Gasteiger partial charge in [0, 0.05) is 36.3 Å². The fraction of sp³-hybridized carbons (Fsp3) is 0.484. The number of methoxy groups -OCH3 is 1. The topological polar surface area (TPSA) is 117 Å². The van der Waals surface area contributed by atoms with Gasteiger partial charge in [-0.2, -0.15) is 5.10 Å². The third kappa shape index (κ3) is 4.94. The number of ether oxygens (including phenoxy) is 2. The van der Waals surface area contributed by atoms with Crippen LogP contribution in [0.5, 0.6) is 5.75 Å². The second kappa shape index (κ2) is 10.3. The highest BCUT2D eigenvalue weighted by Gasteiger charge is 2.47. The Kier molecular flexibility index (Phi) is 6.86. The van der Waals surface area contributed by atoms with Crippen LogP contribution in [0.1, 0.15) is 56.0 Å². The van der Waals surface area contributed by atoms with Crippen LogP contribution in [0.15, 0.2) is 36.7 Å². The number of carbonyl (C=O) groups is 2. The highest BCUT2D eigenvalue weighted by Crippen LogP contribution is 2.39. The van der Waals surface area contributed by atoms with Crippen molar-refractivity contribution >= 4 is 28.6 Å². The molecule has 3 atom stereocenters. The van der Waals surface area contributed by atoms with Gasteiger partial charge in [0.1, 0.15) is 34.9 Å². The average molecular weight is 577 g/mol. The smallest absolute Gasteiger partial charge is 0.404 e. The molecule has 222 valence electrons. The number of nitrogens with zero attached hydrogens (tertiary/aromatic N) is 5. The molecule has 2 fully saturated rings. The molecule has 1 aliphatic heterocycles. The van der Waals surface area contributed by atoms with E-state index in [-0.39, 0.29) is 18.5 Å². The molecule has 2 aliphatic rings. The molecule has 0 spiro atoms. The maximum Gasteiger partial charge on any atom is 0.404 e. The number of pyridine rings is 2. The van der Waals surface area contributed by atoms with Crippen LogP contribution in [0.25, 0.3) is 27.9 Å². The number of halogens is 1. The average Bonchev–Trinajstić information content (AvgIpc) is 3.59. The van der Waals surface area contributed by atoms with Crippen molar-refractivity contribution in [3.05, 3.63) is 47.8 Å². The largest absolute Gasteiger partial charge is 0.494 e. The molecule has 1 aliphatic carbocycles. The van der Waals surface area contributed by atoms with Crippen LogP contribution in [-0.2, 0) is 11.3 Å². The number of fused-ring (bicyclic) bond motifs is 2. The maximum absolute atomic E-state index is 15.0. The van der Waals surface area contributed by atoms with Crippen molar-refractivity contribution in [3.63, 3.8) is 0 Å². The lowest BCUT2D eigenvalue weighted by molar-refractivity contribution is -0.0571. The zero-order valence-corrected chi connectivity index (χ0v) is 24.6. The van der Waals surface area contributed by atoms with E-state index >= 15 is 0 Å². The first-order chi connectivity index (χ1) is 20.0. The lowest BCUT2D eigenvalue weighted by Gasteiger charge is -2.47. The van der Waals surface area contributed by atoms with Crippen LogP contribution in [0.4, 0.5) is 9.18 Å². The summed E-state index contributed by atoms with van der Waals surface area (Å²) >= 11 is 0. The highest BCUT2D eigenvalue weighted by atomic mass is 19.1. The maximum atomic E-state index is 15.0. The van der Waals surface area contributed by atoms with Crippen molar-refractivity contribution < 1.29 is 23.5 Å². The summed E-state index contributed by atoms with van der Waals surface area (Å²) in [4.78, 5) is 31.9. The molecule has 10 nitrogen and oxygen atoms in total. The number of amides is 2. The number of nitrogens with two attached hydrogens (primary N) is 1. The van der Waals surface area contributed by atoms with E-state index in [2.05, 4.69) is 21.7 Å². The third-order valence-electron chi connectivity index (χ3n) is 8.42. The Hall–Kier alpha value is -4.15. The van der Waals surface area contributed by atoms with E-state index in [1.54, 1.807) is 30.1 Å². The number of carbonyl (C=O) groups excluding carboxylic acids is 2. The van der Waals surface area contributed by atoms with E-state index in [1.165, 1.54) is 17.7 Å². The van der Waals surface area contributed by atoms with E-state index < -0.39 is 35.7 Å². The number of likely N-dealkylation sites (tertiary alicyclic amines) is 1. The molecule has 5 heterocycles. The standard InChI is InChI=1S/C31H37FN6O4/c1-17-25(22-11-19-7-6-10-34-28(19)36(22)14-18-8-9-18)35-38-15-20(12-23(41-5)26(17)38)29(39)37-16-21(32)13-24(42-30(33)40)27(37)31(2,3)4/h6-7,10-12,15,18,21,24,27H,8-9,13-14,16H2,1-5H3,(H2,33,40)/t21-,24-,27?/m1/s1. The van der Waals surface area contributed by atoms with Gasteiger partial charge in [0.05, 0.1) is 31.0 Å². The van der Waals surface area contributed by atoms with Gasteiger partial charge in [0.25, 0.3) is 5.91 Å². The minimum absolute atomic E-state index is 0.0254. The molecule has 0 bridgehead atoms. The van der Waals surface area contributed by atoms with Crippen molar-refractivity contribution in [2.75, 3.05) is 13.7 Å². The van der Waals surface area contributed by atoms with Gasteiger partial charge in [0.15, 0.2) is 0 Å². The minimum atomic E-state index is -1.37. The number of alkyl halides is 1. The van der Waals surface area contributed by atoms with E-state index in [9.17, 15) is 14.0 Å². The van der Waals surface area contributed by atoms with E-state index in [0.717, 1.165) is 40.0 Å². The SMILES string of the molecule is COc1cc(C(=O)N2C[C@H](F)C[C@@H](OC(N)=O)C2C(C)(C)C)cn2nc(-c3cc4cccnc4n3CC3CC3)c(C)c12. The molecule has 1 saturated heterocycles. The predicted octanol–water partition coefficient (Wildman–Crippen LogP) is 5.14. The molecule has 2 N–H and O–H groups in total. The van der Waals surface area contributed by atoms with Crippen LogP contribution in [0.2, 0.25) is 0 Å². The number of hydrogen-bond donors (Lipinski definition) is 1. The number of aromatic nitrogens is 4. The molecule has 1 saturated carbocycles. The first-order valence-corrected chi connectivity index (χ1v) is 14.4. The summed E-state index contributed by atoms with van der Waals surface area (Å²) in [6, 6.07) is 7.17. The molecule has 6 rings (SSSR count). The van der Waals surface area contributed by atoms with Gasteiger partial charge in [-0.05, 0) is 55.4 Å². The predicted molar refractivity (Wildman–Crippen MR) is 156 cm³/mol. The summed E-state index contributed by atoms with van der Waals surface area (Å²) < 4.78 is 30.0. The van der Waals surface area contributed by atoms with E-state index in [4.69, 9.17) is 20.3 Å². The summed E-state index contributed by atoms with van der Waals surface area (Å²) in [7, 11) is 1.55. The van der Waals surface area contributed by atoms with Gasteiger partial charge < -0.3 is 24.7 Å². The Balaban J connectivity index is 1.45. The normalized spacial score (nSPS) is 21.2. The first-order valence-electron chi connectivity index (χ1n) is 14.4. The Labute approximate surface area is 243 Å². The van der Waals surface area contributed by atoms with Gasteiger partial charge in [0.2, 0.25) is 0 Å². The molecule has 4 aromatic heterocycles. The first kappa shape index (κ1) is 28.0. The van der Waals surface area contributed by atoms with E-state index in [0.29, 0.717) is 11.7 Å². The van der Waals surface area contributed by atoms with Crippen molar-refractivity contribution in [1.29, 1.82) is 0 Å². The highest BCUT2D eigenvalue weighted by molar-refractivity contribution is 5.96. The Bertz CT molecular complexity index is 1680. The van der Waals surface area contributed by atoms with Crippen molar-refractivity contribution in [3.8, 4) is 17.1 Å². The minimum Gasteiger partial charge on any atom is -0.494 e.